The maximum absolute atomic E-state index is 12.6. The van der Waals surface area contributed by atoms with Crippen molar-refractivity contribution in [2.24, 2.45) is 0 Å². The topological polar surface area (TPSA) is 87.1 Å². The van der Waals surface area contributed by atoms with E-state index >= 15 is 0 Å². The van der Waals surface area contributed by atoms with Crippen molar-refractivity contribution in [1.82, 2.24) is 0 Å². The average Bonchev–Trinajstić information content (AvgIpc) is 3.00. The molecule has 3 aromatic rings. The molecule has 2 N–H and O–H groups in total. The van der Waals surface area contributed by atoms with Crippen LogP contribution in [0.1, 0.15) is 31.8 Å². The van der Waals surface area contributed by atoms with Crippen molar-refractivity contribution in [3.8, 4) is 17.2 Å². The molecule has 4 rings (SSSR count). The van der Waals surface area contributed by atoms with E-state index in [9.17, 15) is 19.8 Å². The maximum atomic E-state index is 12.6. The molecule has 0 fully saturated rings. The minimum Gasteiger partial charge on any atom is -0.504 e. The lowest BCUT2D eigenvalue weighted by Crippen LogP contribution is -2.29. The molecule has 0 bridgehead atoms. The van der Waals surface area contributed by atoms with Gasteiger partial charge < -0.3 is 14.9 Å². The highest BCUT2D eigenvalue weighted by Crippen LogP contribution is 2.36. The number of carbonyl (C=O) groups is 2. The van der Waals surface area contributed by atoms with Gasteiger partial charge in [0.1, 0.15) is 0 Å². The average molecular weight is 389 g/mol. The Hall–Kier alpha value is -3.80. The molecule has 1 heterocycles. The molecule has 146 valence electrons. The van der Waals surface area contributed by atoms with Crippen LogP contribution in [0.4, 0.5) is 5.69 Å². The van der Waals surface area contributed by atoms with Gasteiger partial charge in [0.2, 0.25) is 5.75 Å². The Morgan fingerprint density at radius 2 is 1.41 bits per heavy atom. The predicted molar refractivity (Wildman–Crippen MR) is 108 cm³/mol. The van der Waals surface area contributed by atoms with E-state index in [1.54, 1.807) is 42.5 Å². The van der Waals surface area contributed by atoms with Crippen LogP contribution in [-0.4, -0.2) is 29.1 Å². The number of anilines is 1. The maximum Gasteiger partial charge on any atom is 0.266 e. The number of hydrogen-bond acceptors (Lipinski definition) is 5. The summed E-state index contributed by atoms with van der Waals surface area (Å²) < 4.78 is 5.06. The molecule has 6 nitrogen and oxygen atoms in total. The van der Waals surface area contributed by atoms with Crippen molar-refractivity contribution < 1.29 is 24.5 Å². The number of imide groups is 1. The van der Waals surface area contributed by atoms with E-state index in [1.165, 1.54) is 18.1 Å². The van der Waals surface area contributed by atoms with Gasteiger partial charge in [-0.1, -0.05) is 24.3 Å². The summed E-state index contributed by atoms with van der Waals surface area (Å²) in [7, 11) is 1.43. The summed E-state index contributed by atoms with van der Waals surface area (Å²) in [5.74, 6) is -0.905. The van der Waals surface area contributed by atoms with E-state index in [1.807, 2.05) is 12.1 Å². The summed E-state index contributed by atoms with van der Waals surface area (Å²) in [4.78, 5) is 26.3. The molecule has 3 aromatic carbocycles. The molecule has 0 saturated heterocycles. The summed E-state index contributed by atoms with van der Waals surface area (Å²) in [5.41, 5.74) is 3.20. The number of carbonyl (C=O) groups excluding carboxylic acids is 2. The van der Waals surface area contributed by atoms with E-state index in [-0.39, 0.29) is 29.1 Å². The van der Waals surface area contributed by atoms with Crippen molar-refractivity contribution in [3.63, 3.8) is 0 Å². The molecule has 0 radical (unpaired) electrons. The number of methoxy groups -OCH3 is 1. The third kappa shape index (κ3) is 3.29. The lowest BCUT2D eigenvalue weighted by Gasteiger charge is -2.14. The van der Waals surface area contributed by atoms with Gasteiger partial charge in [-0.05, 0) is 60.4 Å². The fraction of sp³-hybridized carbons (Fsp3) is 0.130. The van der Waals surface area contributed by atoms with Crippen LogP contribution in [0.5, 0.6) is 17.2 Å². The number of benzene rings is 3. The minimum absolute atomic E-state index is 0.222. The van der Waals surface area contributed by atoms with Gasteiger partial charge in [-0.2, -0.15) is 0 Å². The van der Waals surface area contributed by atoms with E-state index in [0.717, 1.165) is 11.1 Å². The summed E-state index contributed by atoms with van der Waals surface area (Å²) in [6.07, 6.45) is 1.30. The molecule has 1 aliphatic rings. The molecule has 2 amide bonds. The molecular formula is C23H19NO5. The van der Waals surface area contributed by atoms with Crippen LogP contribution >= 0.6 is 0 Å². The number of ether oxygens (including phenoxy) is 1. The highest BCUT2D eigenvalue weighted by atomic mass is 16.5. The Labute approximate surface area is 167 Å². The van der Waals surface area contributed by atoms with Gasteiger partial charge in [0.25, 0.3) is 11.8 Å². The van der Waals surface area contributed by atoms with Crippen LogP contribution in [0.15, 0.2) is 60.7 Å². The van der Waals surface area contributed by atoms with E-state index in [0.29, 0.717) is 29.7 Å². The van der Waals surface area contributed by atoms with Gasteiger partial charge in [-0.15, -0.1) is 0 Å². The monoisotopic (exact) mass is 389 g/mol. The third-order valence-corrected chi connectivity index (χ3v) is 5.03. The molecule has 0 atom stereocenters. The van der Waals surface area contributed by atoms with Gasteiger partial charge in [0.15, 0.2) is 11.5 Å². The fourth-order valence-electron chi connectivity index (χ4n) is 3.47. The highest BCUT2D eigenvalue weighted by Gasteiger charge is 2.36. The molecule has 0 spiro atoms. The number of fused-ring (bicyclic) bond motifs is 1. The first-order chi connectivity index (χ1) is 14.0. The number of rotatable bonds is 5. The van der Waals surface area contributed by atoms with Crippen molar-refractivity contribution in [3.05, 3.63) is 82.9 Å². The van der Waals surface area contributed by atoms with Crippen LogP contribution in [0.25, 0.3) is 0 Å². The molecule has 0 saturated carbocycles. The van der Waals surface area contributed by atoms with E-state index in [2.05, 4.69) is 0 Å². The number of phenols is 2. The minimum atomic E-state index is -0.315. The first-order valence-electron chi connectivity index (χ1n) is 9.15. The lowest BCUT2D eigenvalue weighted by atomic mass is 10.0. The quantitative estimate of drug-likeness (QED) is 0.513. The van der Waals surface area contributed by atoms with Gasteiger partial charge in [-0.25, -0.2) is 4.90 Å². The van der Waals surface area contributed by atoms with Gasteiger partial charge in [0, 0.05) is 0 Å². The highest BCUT2D eigenvalue weighted by molar-refractivity contribution is 6.34. The van der Waals surface area contributed by atoms with Crippen molar-refractivity contribution in [1.29, 1.82) is 0 Å². The largest absolute Gasteiger partial charge is 0.504 e. The smallest absolute Gasteiger partial charge is 0.266 e. The van der Waals surface area contributed by atoms with Crippen molar-refractivity contribution in [2.45, 2.75) is 12.8 Å². The zero-order chi connectivity index (χ0) is 20.5. The zero-order valence-electron chi connectivity index (χ0n) is 15.8. The Morgan fingerprint density at radius 1 is 0.828 bits per heavy atom. The van der Waals surface area contributed by atoms with Gasteiger partial charge in [-0.3, -0.25) is 9.59 Å². The second-order valence-electron chi connectivity index (χ2n) is 6.82. The lowest BCUT2D eigenvalue weighted by molar-refractivity contribution is 0.0926. The second-order valence-corrected chi connectivity index (χ2v) is 6.82. The number of phenolic OH excluding ortho intramolecular Hbond substituents is 2. The summed E-state index contributed by atoms with van der Waals surface area (Å²) in [5, 5.41) is 19.5. The number of nitrogens with zero attached hydrogens (tertiary/aromatic N) is 1. The number of aromatic hydroxyl groups is 2. The molecule has 0 unspecified atom stereocenters. The Kier molecular flexibility index (Phi) is 4.68. The summed E-state index contributed by atoms with van der Waals surface area (Å²) >= 11 is 0. The normalized spacial score (nSPS) is 12.9. The Bertz CT molecular complexity index is 1070. The number of hydrogen-bond donors (Lipinski definition) is 2. The predicted octanol–water partition coefficient (Wildman–Crippen LogP) is 3.69. The number of amides is 2. The van der Waals surface area contributed by atoms with Crippen LogP contribution < -0.4 is 9.64 Å². The SMILES string of the molecule is COc1cc(CCc2ccc(N3C(=O)c4ccccc4C3=O)cc2)cc(O)c1O. The van der Waals surface area contributed by atoms with Gasteiger partial charge >= 0.3 is 0 Å². The van der Waals surface area contributed by atoms with E-state index < -0.39 is 0 Å². The molecule has 1 aliphatic heterocycles. The van der Waals surface area contributed by atoms with E-state index in [4.69, 9.17) is 4.74 Å². The second kappa shape index (κ2) is 7.31. The molecule has 0 aromatic heterocycles. The Balaban J connectivity index is 1.49. The molecule has 29 heavy (non-hydrogen) atoms. The van der Waals surface area contributed by atoms with Crippen LogP contribution in [0.2, 0.25) is 0 Å². The fourth-order valence-corrected chi connectivity index (χ4v) is 3.47. The molecular weight excluding hydrogens is 370 g/mol. The van der Waals surface area contributed by atoms with Crippen molar-refractivity contribution in [2.75, 3.05) is 12.0 Å². The third-order valence-electron chi connectivity index (χ3n) is 5.03. The molecule has 6 heteroatoms. The summed E-state index contributed by atoms with van der Waals surface area (Å²) in [6.45, 7) is 0. The van der Waals surface area contributed by atoms with Crippen LogP contribution in [0, 0.1) is 0 Å². The van der Waals surface area contributed by atoms with Gasteiger partial charge in [0.05, 0.1) is 23.9 Å². The Morgan fingerprint density at radius 3 is 2.00 bits per heavy atom. The zero-order valence-corrected chi connectivity index (χ0v) is 15.8. The standard InChI is InChI=1S/C23H19NO5/c1-29-20-13-15(12-19(25)21(20)26)7-6-14-8-10-16(11-9-14)24-22(27)17-4-2-3-5-18(17)23(24)28/h2-5,8-13,25-26H,6-7H2,1H3. The first-order valence-corrected chi connectivity index (χ1v) is 9.15. The number of aryl methyl sites for hydroxylation is 2. The molecule has 0 aliphatic carbocycles. The van der Waals surface area contributed by atoms with Crippen molar-refractivity contribution >= 4 is 17.5 Å². The van der Waals surface area contributed by atoms with Crippen LogP contribution in [-0.2, 0) is 12.8 Å². The summed E-state index contributed by atoms with van der Waals surface area (Å²) in [6, 6.07) is 17.2. The first kappa shape index (κ1) is 18.6. The van der Waals surface area contributed by atoms with Crippen LogP contribution in [0.3, 0.4) is 0 Å².